The fourth-order valence-corrected chi connectivity index (χ4v) is 16.8. The molecule has 55 atom stereocenters. The van der Waals surface area contributed by atoms with Gasteiger partial charge in [0.1, 0.15) is 262 Å². The Morgan fingerprint density at radius 1 is 0.215 bits per heavy atom. The second-order valence-electron chi connectivity index (χ2n) is 33.1. The van der Waals surface area contributed by atoms with Crippen LogP contribution in [-0.4, -0.2) is 580 Å². The Kier molecular flexibility index (Phi) is 38.1. The van der Waals surface area contributed by atoms with Crippen molar-refractivity contribution in [1.29, 1.82) is 0 Å². The Balaban J connectivity index is 0.916. The maximum Gasteiger partial charge on any atom is 0.217 e. The van der Waals surface area contributed by atoms with E-state index in [0.717, 1.165) is 20.8 Å². The van der Waals surface area contributed by atoms with Crippen LogP contribution >= 0.6 is 0 Å². The van der Waals surface area contributed by atoms with Gasteiger partial charge in [0.15, 0.2) is 69.2 Å². The molecule has 0 aromatic rings. The molecule has 11 aliphatic heterocycles. The van der Waals surface area contributed by atoms with Crippen LogP contribution in [0.1, 0.15) is 27.7 Å². The molecule has 11 saturated heterocycles. The maximum absolute atomic E-state index is 13.3. The highest BCUT2D eigenvalue weighted by atomic mass is 16.8. The van der Waals surface area contributed by atoms with Gasteiger partial charge in [0, 0.05) is 20.8 Å². The molecule has 0 saturated carbocycles. The summed E-state index contributed by atoms with van der Waals surface area (Å²) in [6.07, 6.45) is -110. The smallest absolute Gasteiger partial charge is 0.217 e. The molecular weight excluding hydrogens is 1790 g/mol. The summed E-state index contributed by atoms with van der Waals surface area (Å²) in [6.45, 7) is -7.02. The molecule has 3 amide bonds. The average Bonchev–Trinajstić information content (AvgIpc) is 0.762. The van der Waals surface area contributed by atoms with Crippen LogP contribution in [-0.2, 0) is 114 Å². The largest absolute Gasteiger partial charge is 0.394 e. The molecule has 58 heteroatoms. The topological polar surface area (TPSA) is 908 Å². The minimum Gasteiger partial charge on any atom is -0.394 e. The van der Waals surface area contributed by atoms with E-state index in [0.29, 0.717) is 0 Å². The van der Waals surface area contributed by atoms with E-state index in [1.807, 2.05) is 0 Å². The molecule has 0 radical (unpaired) electrons. The first-order valence-electron chi connectivity index (χ1n) is 41.5. The number of carbonyl (C=O) groups excluding carboxylic acids is 3. The lowest BCUT2D eigenvalue weighted by molar-refractivity contribution is -0.400. The van der Waals surface area contributed by atoms with Crippen molar-refractivity contribution in [2.24, 2.45) is 0 Å². The van der Waals surface area contributed by atoms with E-state index in [1.165, 1.54) is 6.92 Å². The molecule has 58 nitrogen and oxygen atoms in total. The molecular formula is C72H121N3O55. The Labute approximate surface area is 735 Å². The predicted molar refractivity (Wildman–Crippen MR) is 396 cm³/mol. The van der Waals surface area contributed by atoms with Crippen LogP contribution in [0.25, 0.3) is 0 Å². The molecule has 0 aromatic heterocycles. The molecule has 11 fully saturated rings. The summed E-state index contributed by atoms with van der Waals surface area (Å²) in [4.78, 5) is 39.0. The van der Waals surface area contributed by atoms with Gasteiger partial charge in [-0.1, -0.05) is 0 Å². The van der Waals surface area contributed by atoms with Crippen LogP contribution in [0.15, 0.2) is 0 Å². The summed E-state index contributed by atoms with van der Waals surface area (Å²) in [6, 6.07) is -5.92. The van der Waals surface area contributed by atoms with Crippen molar-refractivity contribution in [3.8, 4) is 0 Å². The lowest BCUT2D eigenvalue weighted by Gasteiger charge is -2.51. The first kappa shape index (κ1) is 107. The molecule has 11 aliphatic rings. The first-order valence-corrected chi connectivity index (χ1v) is 41.5. The van der Waals surface area contributed by atoms with Crippen molar-refractivity contribution in [2.75, 3.05) is 66.1 Å². The molecule has 11 heterocycles. The van der Waals surface area contributed by atoms with E-state index >= 15 is 0 Å². The third-order valence-corrected chi connectivity index (χ3v) is 24.1. The minimum absolute atomic E-state index is 0.860. The SMILES string of the molecule is CC(=O)N[C@@H]1[C@@H](O)[C@H](O[C@@H]2O[C@H](CO)[C@@H](O[C@@H]3O[C@H](CO[C@H]4O[C@H](CO[C@H]5O[C@H](CO)[C@@H](O)[C@H](O)[C@@H]5O)[C@@H](O)[C@H](O[C@H]5O[C@H](CO)[C@@H](O)[C@H](O)[C@@H]5O)[C@@H]4O)[C@@H](O)[C@H](O[C@H]4O[C@H](CO)[C@@H](O)[C@H](O)[C@@H]4O[C@@H]4O[C@H](CO)[C@@H](O[C@@H]5O[C@H](CO)[C@H](O)[C@H](O[C@H]6O[C@H](CO)[C@H](O)[C@H](O)[C@H]6O)[C@H]5O)[C@H](O)[C@H]4NC(C)=O)[C@@H]3O)[C@H](O)[C@H]2NC(C)=O)[C@@H](CO[C@@H]2O[C@@H](C)[C@@H](O)[C@@H](O)[C@@H]2O)O[C@@H]1O. The van der Waals surface area contributed by atoms with E-state index < -0.39 is 421 Å². The van der Waals surface area contributed by atoms with E-state index in [9.17, 15) is 173 Å². The monoisotopic (exact) mass is 1910 g/mol. The van der Waals surface area contributed by atoms with Crippen molar-refractivity contribution in [2.45, 2.75) is 365 Å². The van der Waals surface area contributed by atoms with Crippen LogP contribution in [0.2, 0.25) is 0 Å². The van der Waals surface area contributed by atoms with Gasteiger partial charge >= 0.3 is 0 Å². The highest BCUT2D eigenvalue weighted by Gasteiger charge is 2.62. The maximum atomic E-state index is 13.3. The molecule has 34 N–H and O–H groups in total. The van der Waals surface area contributed by atoms with E-state index in [2.05, 4.69) is 16.0 Å². The predicted octanol–water partition coefficient (Wildman–Crippen LogP) is -23.5. The summed E-state index contributed by atoms with van der Waals surface area (Å²) in [5.41, 5.74) is 0. The zero-order valence-electron chi connectivity index (χ0n) is 69.5. The normalized spacial score (nSPS) is 51.0. The molecule has 0 bridgehead atoms. The molecule has 0 unspecified atom stereocenters. The first-order chi connectivity index (χ1) is 61.5. The number of ether oxygens (including phenoxy) is 21. The van der Waals surface area contributed by atoms with Gasteiger partial charge in [0.2, 0.25) is 17.7 Å². The minimum atomic E-state index is -2.67. The number of nitrogens with one attached hydrogen (secondary N) is 3. The van der Waals surface area contributed by atoms with Crippen molar-refractivity contribution >= 4 is 17.7 Å². The number of hydrogen-bond donors (Lipinski definition) is 34. The molecule has 130 heavy (non-hydrogen) atoms. The summed E-state index contributed by atoms with van der Waals surface area (Å²) in [5.74, 6) is -2.91. The van der Waals surface area contributed by atoms with E-state index in [4.69, 9.17) is 99.5 Å². The quantitative estimate of drug-likeness (QED) is 0.0290. The third kappa shape index (κ3) is 23.2. The van der Waals surface area contributed by atoms with Gasteiger partial charge in [0.25, 0.3) is 0 Å². The Morgan fingerprint density at radius 3 is 0.862 bits per heavy atom. The van der Waals surface area contributed by atoms with Crippen LogP contribution in [0.3, 0.4) is 0 Å². The summed E-state index contributed by atoms with van der Waals surface area (Å²) in [5, 5.41) is 353. The van der Waals surface area contributed by atoms with Gasteiger partial charge in [0.05, 0.1) is 72.2 Å². The number of rotatable bonds is 33. The van der Waals surface area contributed by atoms with Gasteiger partial charge in [-0.3, -0.25) is 14.4 Å². The van der Waals surface area contributed by atoms with Crippen LogP contribution in [0.5, 0.6) is 0 Å². The fourth-order valence-electron chi connectivity index (χ4n) is 16.8. The van der Waals surface area contributed by atoms with Crippen molar-refractivity contribution in [1.82, 2.24) is 16.0 Å². The molecule has 0 aliphatic carbocycles. The van der Waals surface area contributed by atoms with Gasteiger partial charge in [-0.25, -0.2) is 0 Å². The third-order valence-electron chi connectivity index (χ3n) is 24.1. The molecule has 0 aromatic carbocycles. The zero-order valence-corrected chi connectivity index (χ0v) is 69.5. The van der Waals surface area contributed by atoms with Crippen molar-refractivity contribution in [3.63, 3.8) is 0 Å². The molecule has 11 rings (SSSR count). The summed E-state index contributed by atoms with van der Waals surface area (Å²) in [7, 11) is 0. The second-order valence-corrected chi connectivity index (χ2v) is 33.1. The van der Waals surface area contributed by atoms with Crippen molar-refractivity contribution in [3.05, 3.63) is 0 Å². The van der Waals surface area contributed by atoms with Gasteiger partial charge in [-0.2, -0.15) is 0 Å². The van der Waals surface area contributed by atoms with Crippen molar-refractivity contribution < 1.29 is 272 Å². The van der Waals surface area contributed by atoms with Gasteiger partial charge in [-0.05, 0) is 6.92 Å². The molecule has 0 spiro atoms. The summed E-state index contributed by atoms with van der Waals surface area (Å²) >= 11 is 0. The lowest BCUT2D eigenvalue weighted by atomic mass is 9.93. The van der Waals surface area contributed by atoms with Crippen LogP contribution in [0.4, 0.5) is 0 Å². The van der Waals surface area contributed by atoms with Crippen LogP contribution < -0.4 is 16.0 Å². The highest BCUT2D eigenvalue weighted by molar-refractivity contribution is 5.74. The fraction of sp³-hybridized carbons (Fsp3) is 0.958. The summed E-state index contributed by atoms with van der Waals surface area (Å²) < 4.78 is 123. The van der Waals surface area contributed by atoms with Gasteiger partial charge in [-0.15, -0.1) is 0 Å². The number of carbonyl (C=O) groups is 3. The number of aliphatic hydroxyl groups is 31. The number of aliphatic hydroxyl groups excluding tert-OH is 31. The molecule has 754 valence electrons. The van der Waals surface area contributed by atoms with Crippen LogP contribution in [0, 0.1) is 0 Å². The second kappa shape index (κ2) is 46.4. The Hall–Kier alpha value is -3.67. The average molecular weight is 1910 g/mol. The lowest BCUT2D eigenvalue weighted by Crippen LogP contribution is -2.71. The van der Waals surface area contributed by atoms with E-state index in [1.54, 1.807) is 0 Å². The Morgan fingerprint density at radius 2 is 0.462 bits per heavy atom. The van der Waals surface area contributed by atoms with E-state index in [-0.39, 0.29) is 0 Å². The zero-order chi connectivity index (χ0) is 95.5. The number of hydrogen-bond acceptors (Lipinski definition) is 55. The number of amides is 3. The van der Waals surface area contributed by atoms with Gasteiger partial charge < -0.3 is 274 Å². The highest BCUT2D eigenvalue weighted by Crippen LogP contribution is 2.41. The Bertz CT molecular complexity index is 3500. The standard InChI is InChI=1S/C72H121N3O55/c1-15-32(86)43(97)48(102)65(113-15)112-14-28-57(40(94)29(62(109)114-28)73-16(2)83)124-63-30(74-17(3)84)41(95)56(24(10-81)120-63)126-71-54(108)60(39(93)27(123-71)13-111-67-52(106)59(128-69-51(105)46(100)35(89)21(7-78)117-69)38(92)26(122-67)12-110-66-49(103)44(98)33(87)19(5-76)115-66)129-72-61(47(101)36(90)22(8-79)119-72)130-64-31(75-18(4)85)42(96)55(25(11-82)121-64)125-70-53(107)58(37(91)23(9-80)118-70)127-68-50(104)45(99)34(88)20(6-77)116-68/h15,19-72,76-82,86-109H,5-14H2,1-4H3,(H,73,83)(H,74,84)(H,75,85)/t15-,19+,20+,21+,22+,23+,24+,25+,26+,27+,28+,29+,30+,31+,32+,33+,34-,35+,36+,37-,38+,39+,40+,41+,42+,43+,44-,45-,46-,47-,48-,49-,50+,51-,52-,53+,54-,55+,56+,57+,58-,59-,60-,61-,62-,63-,64-,65+,66-,67-,68+,69+,70-,71-,72+/m0/s1.